The molecule has 0 saturated carbocycles. The second kappa shape index (κ2) is 6.83. The first-order chi connectivity index (χ1) is 9.72. The van der Waals surface area contributed by atoms with Crippen LogP contribution in [0.4, 0.5) is 4.39 Å². The summed E-state index contributed by atoms with van der Waals surface area (Å²) in [6.07, 6.45) is 1.04. The van der Waals surface area contributed by atoms with Gasteiger partial charge in [-0.05, 0) is 35.2 Å². The average Bonchev–Trinajstić information content (AvgIpc) is 2.49. The first kappa shape index (κ1) is 14.2. The van der Waals surface area contributed by atoms with E-state index >= 15 is 0 Å². The quantitative estimate of drug-likeness (QED) is 0.900. The maximum atomic E-state index is 13.2. The van der Waals surface area contributed by atoms with Crippen molar-refractivity contribution in [3.05, 3.63) is 70.5 Å². The van der Waals surface area contributed by atoms with Crippen molar-refractivity contribution in [2.75, 3.05) is 0 Å². The molecule has 0 aliphatic rings. The van der Waals surface area contributed by atoms with Crippen LogP contribution in [0.25, 0.3) is 0 Å². The Bertz CT molecular complexity index is 612. The number of nitrogens with one attached hydrogen (secondary N) is 1. The van der Waals surface area contributed by atoms with Gasteiger partial charge in [-0.1, -0.05) is 37.3 Å². The smallest absolute Gasteiger partial charge is 0.140 e. The van der Waals surface area contributed by atoms with Crippen molar-refractivity contribution in [3.63, 3.8) is 0 Å². The topological polar surface area (TPSA) is 35.8 Å². The summed E-state index contributed by atoms with van der Waals surface area (Å²) in [4.78, 5) is 0. The highest BCUT2D eigenvalue weighted by Crippen LogP contribution is 2.10. The van der Waals surface area contributed by atoms with Crippen LogP contribution < -0.4 is 5.32 Å². The Balaban J connectivity index is 1.91. The maximum absolute atomic E-state index is 13.2. The first-order valence-electron chi connectivity index (χ1n) is 6.70. The molecular weight excluding hydrogens is 251 g/mol. The van der Waals surface area contributed by atoms with Crippen LogP contribution in [0.15, 0.2) is 42.5 Å². The van der Waals surface area contributed by atoms with Gasteiger partial charge in [0.15, 0.2) is 0 Å². The Morgan fingerprint density at radius 3 is 2.25 bits per heavy atom. The minimum Gasteiger partial charge on any atom is -0.309 e. The van der Waals surface area contributed by atoms with Crippen molar-refractivity contribution in [1.82, 2.24) is 5.32 Å². The van der Waals surface area contributed by atoms with Gasteiger partial charge < -0.3 is 5.32 Å². The Kier molecular flexibility index (Phi) is 4.86. The minimum atomic E-state index is -0.466. The molecule has 0 spiro atoms. The first-order valence-corrected chi connectivity index (χ1v) is 6.70. The van der Waals surface area contributed by atoms with E-state index < -0.39 is 5.82 Å². The number of nitrogens with zero attached hydrogens (tertiary/aromatic N) is 1. The van der Waals surface area contributed by atoms with Crippen LogP contribution in [0.1, 0.15) is 29.2 Å². The summed E-state index contributed by atoms with van der Waals surface area (Å²) in [5.41, 5.74) is 3.54. The standard InChI is InChI=1S/C17H17FN2/c1-2-13-3-5-14(6-4-13)11-20-12-15-7-8-17(18)16(9-15)10-19/h3-9,20H,2,11-12H2,1H3. The molecule has 2 aromatic carbocycles. The lowest BCUT2D eigenvalue weighted by atomic mass is 10.1. The zero-order chi connectivity index (χ0) is 14.4. The molecule has 2 nitrogen and oxygen atoms in total. The third-order valence-corrected chi connectivity index (χ3v) is 3.24. The third-order valence-electron chi connectivity index (χ3n) is 3.24. The summed E-state index contributed by atoms with van der Waals surface area (Å²) < 4.78 is 13.2. The van der Waals surface area contributed by atoms with Gasteiger partial charge in [-0.2, -0.15) is 5.26 Å². The maximum Gasteiger partial charge on any atom is 0.140 e. The van der Waals surface area contributed by atoms with Crippen LogP contribution >= 0.6 is 0 Å². The van der Waals surface area contributed by atoms with Gasteiger partial charge in [0, 0.05) is 13.1 Å². The average molecular weight is 268 g/mol. The zero-order valence-electron chi connectivity index (χ0n) is 11.5. The van der Waals surface area contributed by atoms with E-state index in [-0.39, 0.29) is 5.56 Å². The molecule has 0 heterocycles. The molecule has 20 heavy (non-hydrogen) atoms. The molecule has 0 radical (unpaired) electrons. The number of halogens is 1. The SMILES string of the molecule is CCc1ccc(CNCc2ccc(F)c(C#N)c2)cc1. The highest BCUT2D eigenvalue weighted by molar-refractivity contribution is 5.34. The molecule has 0 atom stereocenters. The summed E-state index contributed by atoms with van der Waals surface area (Å²) in [6.45, 7) is 3.50. The summed E-state index contributed by atoms with van der Waals surface area (Å²) in [5.74, 6) is -0.466. The Labute approximate surface area is 118 Å². The third kappa shape index (κ3) is 3.66. The molecule has 102 valence electrons. The second-order valence-electron chi connectivity index (χ2n) is 4.70. The van der Waals surface area contributed by atoms with Gasteiger partial charge in [0.2, 0.25) is 0 Å². The predicted molar refractivity (Wildman–Crippen MR) is 77.5 cm³/mol. The van der Waals surface area contributed by atoms with E-state index in [1.807, 2.05) is 6.07 Å². The molecule has 3 heteroatoms. The number of hydrogen-bond acceptors (Lipinski definition) is 2. The summed E-state index contributed by atoms with van der Waals surface area (Å²) in [5, 5.41) is 12.1. The van der Waals surface area contributed by atoms with E-state index in [4.69, 9.17) is 5.26 Å². The van der Waals surface area contributed by atoms with Crippen LogP contribution in [0.3, 0.4) is 0 Å². The molecule has 0 aromatic heterocycles. The van der Waals surface area contributed by atoms with Crippen LogP contribution in [0.2, 0.25) is 0 Å². The van der Waals surface area contributed by atoms with E-state index in [9.17, 15) is 4.39 Å². The molecule has 0 aliphatic carbocycles. The van der Waals surface area contributed by atoms with E-state index in [1.165, 1.54) is 17.2 Å². The van der Waals surface area contributed by atoms with E-state index in [0.29, 0.717) is 6.54 Å². The van der Waals surface area contributed by atoms with Crippen LogP contribution in [-0.2, 0) is 19.5 Å². The highest BCUT2D eigenvalue weighted by Gasteiger charge is 2.02. The van der Waals surface area contributed by atoms with Crippen molar-refractivity contribution in [2.24, 2.45) is 0 Å². The molecule has 0 amide bonds. The van der Waals surface area contributed by atoms with E-state index in [0.717, 1.165) is 18.5 Å². The molecule has 0 saturated heterocycles. The summed E-state index contributed by atoms with van der Waals surface area (Å²) in [6, 6.07) is 14.9. The van der Waals surface area contributed by atoms with Gasteiger partial charge in [0.05, 0.1) is 5.56 Å². The van der Waals surface area contributed by atoms with Crippen molar-refractivity contribution >= 4 is 0 Å². The minimum absolute atomic E-state index is 0.0941. The largest absolute Gasteiger partial charge is 0.309 e. The van der Waals surface area contributed by atoms with Gasteiger partial charge in [-0.15, -0.1) is 0 Å². The number of nitriles is 1. The van der Waals surface area contributed by atoms with Crippen LogP contribution in [0, 0.1) is 17.1 Å². The second-order valence-corrected chi connectivity index (χ2v) is 4.70. The lowest BCUT2D eigenvalue weighted by Gasteiger charge is -2.06. The van der Waals surface area contributed by atoms with Gasteiger partial charge >= 0.3 is 0 Å². The number of benzene rings is 2. The number of aryl methyl sites for hydroxylation is 1. The van der Waals surface area contributed by atoms with Gasteiger partial charge in [-0.3, -0.25) is 0 Å². The van der Waals surface area contributed by atoms with E-state index in [2.05, 4.69) is 36.5 Å². The molecule has 2 rings (SSSR count). The van der Waals surface area contributed by atoms with Crippen LogP contribution in [-0.4, -0.2) is 0 Å². The monoisotopic (exact) mass is 268 g/mol. The molecule has 1 N–H and O–H groups in total. The normalized spacial score (nSPS) is 10.2. The molecular formula is C17H17FN2. The van der Waals surface area contributed by atoms with Gasteiger partial charge in [0.1, 0.15) is 11.9 Å². The summed E-state index contributed by atoms with van der Waals surface area (Å²) >= 11 is 0. The van der Waals surface area contributed by atoms with Crippen molar-refractivity contribution in [1.29, 1.82) is 5.26 Å². The molecule has 0 bridgehead atoms. The number of hydrogen-bond donors (Lipinski definition) is 1. The van der Waals surface area contributed by atoms with Gasteiger partial charge in [-0.25, -0.2) is 4.39 Å². The van der Waals surface area contributed by atoms with Gasteiger partial charge in [0.25, 0.3) is 0 Å². The van der Waals surface area contributed by atoms with E-state index in [1.54, 1.807) is 12.1 Å². The fraction of sp³-hybridized carbons (Fsp3) is 0.235. The lowest BCUT2D eigenvalue weighted by Crippen LogP contribution is -2.12. The molecule has 0 aliphatic heterocycles. The Hall–Kier alpha value is -2.18. The Morgan fingerprint density at radius 1 is 1.00 bits per heavy atom. The fourth-order valence-electron chi connectivity index (χ4n) is 2.01. The molecule has 0 fully saturated rings. The summed E-state index contributed by atoms with van der Waals surface area (Å²) in [7, 11) is 0. The van der Waals surface area contributed by atoms with Crippen molar-refractivity contribution in [2.45, 2.75) is 26.4 Å². The Morgan fingerprint density at radius 2 is 1.60 bits per heavy atom. The zero-order valence-corrected chi connectivity index (χ0v) is 11.5. The predicted octanol–water partition coefficient (Wildman–Crippen LogP) is 3.55. The molecule has 2 aromatic rings. The lowest BCUT2D eigenvalue weighted by molar-refractivity contribution is 0.621. The number of rotatable bonds is 5. The highest BCUT2D eigenvalue weighted by atomic mass is 19.1. The van der Waals surface area contributed by atoms with Crippen LogP contribution in [0.5, 0.6) is 0 Å². The molecule has 0 unspecified atom stereocenters. The van der Waals surface area contributed by atoms with Crippen molar-refractivity contribution < 1.29 is 4.39 Å². The fourth-order valence-corrected chi connectivity index (χ4v) is 2.01. The van der Waals surface area contributed by atoms with Crippen molar-refractivity contribution in [3.8, 4) is 6.07 Å².